The summed E-state index contributed by atoms with van der Waals surface area (Å²) in [5, 5.41) is 37.0. The molecule has 0 aliphatic carbocycles. The van der Waals surface area contributed by atoms with Crippen LogP contribution in [0.1, 0.15) is 0 Å². The van der Waals surface area contributed by atoms with E-state index in [9.17, 15) is 18.2 Å². The quantitative estimate of drug-likeness (QED) is 0.0565. The first-order chi connectivity index (χ1) is 22.3. The molecule has 16 heteroatoms. The number of anilines is 2. The van der Waals surface area contributed by atoms with Crippen LogP contribution in [0.3, 0.4) is 0 Å². The van der Waals surface area contributed by atoms with Gasteiger partial charge in [0.15, 0.2) is 0 Å². The molecule has 11 nitrogen and oxygen atoms in total. The van der Waals surface area contributed by atoms with Crippen LogP contribution in [0.5, 0.6) is 0 Å². The van der Waals surface area contributed by atoms with E-state index in [0.29, 0.717) is 55.8 Å². The zero-order chi connectivity index (χ0) is 32.1. The Balaban J connectivity index is 0.00000260. The largest absolute Gasteiger partial charge is 1.00 e. The predicted octanol–water partition coefficient (Wildman–Crippen LogP) is 3.36. The number of nitrogens with one attached hydrogen (secondary N) is 1. The van der Waals surface area contributed by atoms with Gasteiger partial charge in [-0.1, -0.05) is 66.2 Å². The van der Waals surface area contributed by atoms with Crippen molar-refractivity contribution >= 4 is 89.4 Å². The molecule has 0 atom stereocenters. The molecule has 1 N–H and O–H groups in total. The van der Waals surface area contributed by atoms with Crippen molar-refractivity contribution in [1.82, 2.24) is 0 Å². The Kier molecular flexibility index (Phi) is 13.7. The molecule has 0 aliphatic heterocycles. The van der Waals surface area contributed by atoms with Gasteiger partial charge in [-0.15, -0.1) is 15.3 Å². The Morgan fingerprint density at radius 2 is 1.27 bits per heavy atom. The van der Waals surface area contributed by atoms with Gasteiger partial charge >= 0.3 is 59.1 Å². The normalized spacial score (nSPS) is 11.6. The number of rotatable bonds is 10. The number of para-hydroxylation sites is 1. The number of azo groups is 2. The maximum absolute atomic E-state index is 12.3. The molecule has 0 spiro atoms. The molecule has 6 aromatic rings. The summed E-state index contributed by atoms with van der Waals surface area (Å²) in [5.74, 6) is 0. The third kappa shape index (κ3) is 8.89. The molecular formula is C32H20ClN5Na2O6S2. The van der Waals surface area contributed by atoms with E-state index in [2.05, 4.69) is 35.1 Å². The molecule has 0 unspecified atom stereocenters. The number of benzene rings is 6. The van der Waals surface area contributed by atoms with Gasteiger partial charge in [0.2, 0.25) is 0 Å². The smallest absolute Gasteiger partial charge is 0.744 e. The van der Waals surface area contributed by atoms with Gasteiger partial charge in [0.1, 0.15) is 10.1 Å². The van der Waals surface area contributed by atoms with Crippen LogP contribution < -0.4 is 69.7 Å². The van der Waals surface area contributed by atoms with Crippen LogP contribution in [0.4, 0.5) is 34.1 Å². The summed E-state index contributed by atoms with van der Waals surface area (Å²) in [6, 6.07) is 32.8. The molecule has 0 aromatic heterocycles. The van der Waals surface area contributed by atoms with Crippen molar-refractivity contribution < 1.29 is 86.7 Å². The third-order valence-corrected chi connectivity index (χ3v) is 8.75. The molecule has 0 saturated carbocycles. The molecule has 6 rings (SSSR count). The minimum atomic E-state index is -4.81. The number of halogens is 1. The van der Waals surface area contributed by atoms with E-state index in [1.165, 1.54) is 12.1 Å². The second-order valence-electron chi connectivity index (χ2n) is 9.64. The van der Waals surface area contributed by atoms with E-state index in [-0.39, 0.29) is 69.4 Å². The number of hydrogen-bond donors (Lipinski definition) is 1. The van der Waals surface area contributed by atoms with E-state index >= 15 is 0 Å². The van der Waals surface area contributed by atoms with Crippen LogP contribution in [0.2, 0.25) is 5.02 Å². The van der Waals surface area contributed by atoms with E-state index in [1.807, 2.05) is 54.6 Å². The summed E-state index contributed by atoms with van der Waals surface area (Å²) in [6.07, 6.45) is 0. The topological polar surface area (TPSA) is 160 Å². The maximum atomic E-state index is 12.3. The minimum Gasteiger partial charge on any atom is -0.744 e. The van der Waals surface area contributed by atoms with E-state index < -0.39 is 10.1 Å². The minimum absolute atomic E-state index is 0. The zero-order valence-electron chi connectivity index (χ0n) is 25.4. The monoisotopic (exact) mass is 715 g/mol. The maximum Gasteiger partial charge on any atom is 1.00 e. The van der Waals surface area contributed by atoms with Crippen molar-refractivity contribution in [3.8, 4) is 0 Å². The Labute approximate surface area is 328 Å². The Bertz CT molecular complexity index is 2250. The molecule has 0 aliphatic rings. The number of hydrogen-bond acceptors (Lipinski definition) is 12. The van der Waals surface area contributed by atoms with Crippen molar-refractivity contribution in [1.29, 1.82) is 0 Å². The van der Waals surface area contributed by atoms with Crippen LogP contribution >= 0.6 is 23.6 Å². The van der Waals surface area contributed by atoms with Gasteiger partial charge in [-0.3, -0.25) is 5.04 Å². The fourth-order valence-corrected chi connectivity index (χ4v) is 6.11. The SMILES string of the molecule is O=S(=O)([O-])c1cccc2c(N=Nc3ccc(N=Nc4ccc(Cl)c(SOO[O-])c4)c4ccccc34)ccc(Nc3ccccc3)c12.[Na+].[Na+]. The molecule has 0 heterocycles. The molecule has 0 saturated heterocycles. The summed E-state index contributed by atoms with van der Waals surface area (Å²) in [6.45, 7) is 0. The molecule has 6 aromatic carbocycles. The first-order valence-corrected chi connectivity index (χ1v) is 16.0. The van der Waals surface area contributed by atoms with Crippen LogP contribution in [0.25, 0.3) is 21.5 Å². The fourth-order valence-electron chi connectivity index (χ4n) is 4.76. The summed E-state index contributed by atoms with van der Waals surface area (Å²) in [4.78, 5) is 0.0595. The molecule has 0 fully saturated rings. The third-order valence-electron chi connectivity index (χ3n) is 6.78. The predicted molar refractivity (Wildman–Crippen MR) is 173 cm³/mol. The molecular weight excluding hydrogens is 696 g/mol. The van der Waals surface area contributed by atoms with Gasteiger partial charge in [-0.05, 0) is 60.7 Å². The second kappa shape index (κ2) is 17.3. The van der Waals surface area contributed by atoms with Gasteiger partial charge in [-0.2, -0.15) is 9.45 Å². The summed E-state index contributed by atoms with van der Waals surface area (Å²) in [7, 11) is -4.81. The van der Waals surface area contributed by atoms with Crippen molar-refractivity contribution in [3.63, 3.8) is 0 Å². The molecule has 0 bridgehead atoms. The van der Waals surface area contributed by atoms with Gasteiger partial charge in [0.05, 0.1) is 49.6 Å². The zero-order valence-corrected chi connectivity index (χ0v) is 31.8. The van der Waals surface area contributed by atoms with Crippen LogP contribution in [-0.4, -0.2) is 13.0 Å². The van der Waals surface area contributed by atoms with E-state index in [0.717, 1.165) is 16.5 Å². The van der Waals surface area contributed by atoms with Gasteiger partial charge < -0.3 is 15.1 Å². The summed E-state index contributed by atoms with van der Waals surface area (Å²) >= 11 is 6.78. The van der Waals surface area contributed by atoms with Crippen LogP contribution in [0, 0.1) is 0 Å². The van der Waals surface area contributed by atoms with Crippen molar-refractivity contribution in [2.45, 2.75) is 9.79 Å². The van der Waals surface area contributed by atoms with Crippen LogP contribution in [0.15, 0.2) is 146 Å². The molecule has 230 valence electrons. The van der Waals surface area contributed by atoms with Crippen molar-refractivity contribution in [3.05, 3.63) is 120 Å². The van der Waals surface area contributed by atoms with E-state index in [4.69, 9.17) is 11.6 Å². The average Bonchev–Trinajstić information content (AvgIpc) is 3.07. The number of nitrogens with zero attached hydrogens (tertiary/aromatic N) is 4. The van der Waals surface area contributed by atoms with Gasteiger partial charge in [0, 0.05) is 32.9 Å². The number of fused-ring (bicyclic) bond motifs is 2. The standard InChI is InChI=1S/C32H22ClN5O6S2.2Na/c33-25-14-13-21(19-30(25)45-44-43-39)35-36-26-15-16-27(23-10-5-4-9-22(23)26)37-38-28-17-18-29(34-20-7-2-1-3-8-20)32-24(28)11-6-12-31(32)46(40,41)42;;/h1-19,34,39H,(H,40,41,42);;/q;2*+1/p-2. The summed E-state index contributed by atoms with van der Waals surface area (Å²) < 4.78 is 41.1. The Morgan fingerprint density at radius 1 is 0.688 bits per heavy atom. The van der Waals surface area contributed by atoms with Crippen molar-refractivity contribution in [2.75, 3.05) is 5.32 Å². The second-order valence-corrected chi connectivity index (χ2v) is 12.1. The first-order valence-electron chi connectivity index (χ1n) is 13.4. The Hall–Kier alpha value is -2.73. The Morgan fingerprint density at radius 3 is 1.92 bits per heavy atom. The van der Waals surface area contributed by atoms with Crippen LogP contribution in [-0.2, 0) is 19.5 Å². The molecule has 0 amide bonds. The molecule has 0 radical (unpaired) electrons. The molecule has 48 heavy (non-hydrogen) atoms. The van der Waals surface area contributed by atoms with E-state index in [1.54, 1.807) is 48.5 Å². The fraction of sp³-hybridized carbons (Fsp3) is 0. The van der Waals surface area contributed by atoms with Crippen molar-refractivity contribution in [2.24, 2.45) is 20.5 Å². The summed E-state index contributed by atoms with van der Waals surface area (Å²) in [5.41, 5.74) is 3.08. The van der Waals surface area contributed by atoms with Gasteiger partial charge in [-0.25, -0.2) is 8.42 Å². The first kappa shape index (κ1) is 38.1. The van der Waals surface area contributed by atoms with Gasteiger partial charge in [0.25, 0.3) is 0 Å². The average molecular weight is 716 g/mol.